The minimum Gasteiger partial charge on any atom is -0.377 e. The number of carbonyl (C=O) groups excluding carboxylic acids is 1. The Bertz CT molecular complexity index is 707. The van der Waals surface area contributed by atoms with Crippen LogP contribution < -0.4 is 10.9 Å². The Kier molecular flexibility index (Phi) is 4.70. The highest BCUT2D eigenvalue weighted by molar-refractivity contribution is 6.04. The molecule has 0 fully saturated rings. The molecule has 6 nitrogen and oxygen atoms in total. The van der Waals surface area contributed by atoms with Crippen molar-refractivity contribution in [2.24, 2.45) is 7.05 Å². The number of aromatic nitrogens is 2. The molecule has 1 heterocycles. The number of fused-ring (bicyclic) bond motifs is 1. The third-order valence-corrected chi connectivity index (χ3v) is 3.01. The van der Waals surface area contributed by atoms with Crippen molar-refractivity contribution < 1.29 is 9.53 Å². The first-order chi connectivity index (χ1) is 10.0. The van der Waals surface area contributed by atoms with E-state index in [1.54, 1.807) is 24.3 Å². The van der Waals surface area contributed by atoms with E-state index in [0.29, 0.717) is 23.9 Å². The fourth-order valence-corrected chi connectivity index (χ4v) is 2.01. The van der Waals surface area contributed by atoms with Gasteiger partial charge in [0, 0.05) is 19.0 Å². The van der Waals surface area contributed by atoms with Gasteiger partial charge >= 0.3 is 0 Å². The molecule has 1 aromatic carbocycles. The molecule has 0 radical (unpaired) electrons. The average molecular weight is 289 g/mol. The Morgan fingerprint density at radius 1 is 1.33 bits per heavy atom. The Balaban J connectivity index is 2.23. The molecule has 0 atom stereocenters. The molecule has 0 aliphatic heterocycles. The first kappa shape index (κ1) is 15.2. The second kappa shape index (κ2) is 6.49. The number of hydrogen-bond donors (Lipinski definition) is 1. The van der Waals surface area contributed by atoms with Gasteiger partial charge in [-0.25, -0.2) is 4.68 Å². The number of nitrogens with one attached hydrogen (secondary N) is 1. The molecular formula is C15H19N3O3. The van der Waals surface area contributed by atoms with Crippen LogP contribution in [0, 0.1) is 0 Å². The molecule has 112 valence electrons. The molecule has 0 spiro atoms. The van der Waals surface area contributed by atoms with E-state index in [-0.39, 0.29) is 23.3 Å². The number of ether oxygens (including phenoxy) is 1. The molecule has 1 N–H and O–H groups in total. The van der Waals surface area contributed by atoms with Crippen LogP contribution in [0.4, 0.5) is 0 Å². The van der Waals surface area contributed by atoms with Crippen molar-refractivity contribution in [1.82, 2.24) is 15.1 Å². The highest BCUT2D eigenvalue weighted by atomic mass is 16.5. The van der Waals surface area contributed by atoms with Crippen molar-refractivity contribution in [2.75, 3.05) is 13.2 Å². The fourth-order valence-electron chi connectivity index (χ4n) is 2.01. The number of rotatable bonds is 5. The second-order valence-electron chi connectivity index (χ2n) is 5.00. The molecule has 0 aliphatic rings. The van der Waals surface area contributed by atoms with Crippen LogP contribution in [-0.2, 0) is 11.8 Å². The highest BCUT2D eigenvalue weighted by Gasteiger charge is 2.14. The number of hydrogen-bond acceptors (Lipinski definition) is 4. The standard InChI is InChI=1S/C15H19N3O3/c1-10(2)21-9-8-16-14(19)13-11-6-4-5-7-12(11)15(20)18(3)17-13/h4-7,10H,8-9H2,1-3H3,(H,16,19). The van der Waals surface area contributed by atoms with E-state index in [1.165, 1.54) is 11.7 Å². The van der Waals surface area contributed by atoms with Crippen molar-refractivity contribution >= 4 is 16.7 Å². The summed E-state index contributed by atoms with van der Waals surface area (Å²) in [5.41, 5.74) is 0.0301. The van der Waals surface area contributed by atoms with Crippen LogP contribution in [0.3, 0.4) is 0 Å². The van der Waals surface area contributed by atoms with E-state index >= 15 is 0 Å². The summed E-state index contributed by atoms with van der Waals surface area (Å²) < 4.78 is 6.55. The van der Waals surface area contributed by atoms with Crippen molar-refractivity contribution in [2.45, 2.75) is 20.0 Å². The molecule has 0 unspecified atom stereocenters. The number of benzene rings is 1. The second-order valence-corrected chi connectivity index (χ2v) is 5.00. The van der Waals surface area contributed by atoms with E-state index in [9.17, 15) is 9.59 Å². The van der Waals surface area contributed by atoms with Crippen molar-refractivity contribution in [1.29, 1.82) is 0 Å². The smallest absolute Gasteiger partial charge is 0.274 e. The number of carbonyl (C=O) groups is 1. The minimum atomic E-state index is -0.311. The largest absolute Gasteiger partial charge is 0.377 e. The third kappa shape index (κ3) is 3.46. The molecule has 1 amide bonds. The van der Waals surface area contributed by atoms with Crippen LogP contribution in [0.1, 0.15) is 24.3 Å². The Hall–Kier alpha value is -2.21. The van der Waals surface area contributed by atoms with Crippen LogP contribution in [0.25, 0.3) is 10.8 Å². The van der Waals surface area contributed by atoms with Gasteiger partial charge in [-0.15, -0.1) is 0 Å². The first-order valence-electron chi connectivity index (χ1n) is 6.86. The summed E-state index contributed by atoms with van der Waals surface area (Å²) >= 11 is 0. The summed E-state index contributed by atoms with van der Waals surface area (Å²) in [6.07, 6.45) is 0.124. The molecule has 6 heteroatoms. The van der Waals surface area contributed by atoms with Crippen LogP contribution in [-0.4, -0.2) is 34.9 Å². The Labute approximate surface area is 122 Å². The molecule has 0 saturated carbocycles. The van der Waals surface area contributed by atoms with Gasteiger partial charge in [0.15, 0.2) is 5.69 Å². The van der Waals surface area contributed by atoms with Gasteiger partial charge in [0.25, 0.3) is 11.5 Å². The number of nitrogens with zero attached hydrogens (tertiary/aromatic N) is 2. The van der Waals surface area contributed by atoms with E-state index in [1.807, 2.05) is 13.8 Å². The summed E-state index contributed by atoms with van der Waals surface area (Å²) in [4.78, 5) is 24.2. The van der Waals surface area contributed by atoms with Crippen LogP contribution >= 0.6 is 0 Å². The predicted octanol–water partition coefficient (Wildman–Crippen LogP) is 1.09. The summed E-state index contributed by atoms with van der Waals surface area (Å²) in [7, 11) is 1.54. The fraction of sp³-hybridized carbons (Fsp3) is 0.400. The van der Waals surface area contributed by atoms with Crippen LogP contribution in [0.15, 0.2) is 29.1 Å². The lowest BCUT2D eigenvalue weighted by Gasteiger charge is -2.10. The molecule has 0 aliphatic carbocycles. The maximum atomic E-state index is 12.2. The number of aryl methyl sites for hydroxylation is 1. The molecule has 1 aromatic heterocycles. The molecule has 0 saturated heterocycles. The highest BCUT2D eigenvalue weighted by Crippen LogP contribution is 2.12. The van der Waals surface area contributed by atoms with Crippen molar-refractivity contribution in [3.8, 4) is 0 Å². The zero-order chi connectivity index (χ0) is 15.4. The quantitative estimate of drug-likeness (QED) is 0.836. The summed E-state index contributed by atoms with van der Waals surface area (Å²) in [6.45, 7) is 4.71. The molecule has 2 rings (SSSR count). The van der Waals surface area contributed by atoms with Crippen molar-refractivity contribution in [3.63, 3.8) is 0 Å². The molecule has 21 heavy (non-hydrogen) atoms. The normalized spacial score (nSPS) is 11.0. The van der Waals surface area contributed by atoms with Gasteiger partial charge < -0.3 is 10.1 Å². The first-order valence-corrected chi connectivity index (χ1v) is 6.86. The van der Waals surface area contributed by atoms with Gasteiger partial charge in [0.2, 0.25) is 0 Å². The molecule has 0 bridgehead atoms. The molecular weight excluding hydrogens is 270 g/mol. The lowest BCUT2D eigenvalue weighted by molar-refractivity contribution is 0.0745. The van der Waals surface area contributed by atoms with Gasteiger partial charge in [0.1, 0.15) is 0 Å². The third-order valence-electron chi connectivity index (χ3n) is 3.01. The number of amides is 1. The van der Waals surface area contributed by atoms with Crippen LogP contribution in [0.5, 0.6) is 0 Å². The summed E-state index contributed by atoms with van der Waals surface area (Å²) in [5.74, 6) is -0.311. The summed E-state index contributed by atoms with van der Waals surface area (Å²) in [5, 5.41) is 7.86. The SMILES string of the molecule is CC(C)OCCNC(=O)c1nn(C)c(=O)c2ccccc12. The topological polar surface area (TPSA) is 73.2 Å². The van der Waals surface area contributed by atoms with Gasteiger partial charge in [-0.1, -0.05) is 18.2 Å². The lowest BCUT2D eigenvalue weighted by atomic mass is 10.1. The van der Waals surface area contributed by atoms with E-state index < -0.39 is 0 Å². The predicted molar refractivity (Wildman–Crippen MR) is 80.4 cm³/mol. The average Bonchev–Trinajstić information content (AvgIpc) is 2.47. The van der Waals surface area contributed by atoms with E-state index in [4.69, 9.17) is 4.74 Å². The Morgan fingerprint density at radius 2 is 2.00 bits per heavy atom. The summed E-state index contributed by atoms with van der Waals surface area (Å²) in [6, 6.07) is 6.96. The zero-order valence-electron chi connectivity index (χ0n) is 12.4. The Morgan fingerprint density at radius 3 is 2.67 bits per heavy atom. The lowest BCUT2D eigenvalue weighted by Crippen LogP contribution is -2.31. The minimum absolute atomic E-state index is 0.124. The van der Waals surface area contributed by atoms with E-state index in [2.05, 4.69) is 10.4 Å². The van der Waals surface area contributed by atoms with Gasteiger partial charge in [-0.05, 0) is 19.9 Å². The van der Waals surface area contributed by atoms with Crippen LogP contribution in [0.2, 0.25) is 0 Å². The maximum absolute atomic E-state index is 12.2. The van der Waals surface area contributed by atoms with Gasteiger partial charge in [-0.3, -0.25) is 9.59 Å². The van der Waals surface area contributed by atoms with E-state index in [0.717, 1.165) is 0 Å². The van der Waals surface area contributed by atoms with Gasteiger partial charge in [-0.2, -0.15) is 5.10 Å². The zero-order valence-corrected chi connectivity index (χ0v) is 12.4. The maximum Gasteiger partial charge on any atom is 0.274 e. The molecule has 2 aromatic rings. The van der Waals surface area contributed by atoms with Crippen molar-refractivity contribution in [3.05, 3.63) is 40.3 Å². The monoisotopic (exact) mass is 289 g/mol. The van der Waals surface area contributed by atoms with Gasteiger partial charge in [0.05, 0.1) is 18.1 Å².